The third kappa shape index (κ3) is 3.67. The Morgan fingerprint density at radius 1 is 1.21 bits per heavy atom. The summed E-state index contributed by atoms with van der Waals surface area (Å²) in [7, 11) is 0. The van der Waals surface area contributed by atoms with Gasteiger partial charge in [0.15, 0.2) is 0 Å². The summed E-state index contributed by atoms with van der Waals surface area (Å²) in [5.74, 6) is -0.864. The highest BCUT2D eigenvalue weighted by Gasteiger charge is 2.49. The molecule has 1 heterocycles. The van der Waals surface area contributed by atoms with Crippen molar-refractivity contribution in [3.8, 4) is 0 Å². The molecule has 6 nitrogen and oxygen atoms in total. The van der Waals surface area contributed by atoms with Gasteiger partial charge in [0.05, 0.1) is 0 Å². The number of nitrogens with zero attached hydrogens (tertiary/aromatic N) is 1. The molecule has 0 bridgehead atoms. The highest BCUT2D eigenvalue weighted by atomic mass is 79.9. The Morgan fingerprint density at radius 2 is 1.93 bits per heavy atom. The number of rotatable bonds is 5. The maximum Gasteiger partial charge on any atom is 0.325 e. The van der Waals surface area contributed by atoms with E-state index in [-0.39, 0.29) is 6.54 Å². The number of imide groups is 1. The SMILES string of the molecule is CCc1cccc(C)c1NC(=O)CN1C(=O)N[C@](C)(c2cccc(Br)c2)C1=O. The second kappa shape index (κ2) is 7.75. The van der Waals surface area contributed by atoms with E-state index in [0.717, 1.165) is 32.6 Å². The summed E-state index contributed by atoms with van der Waals surface area (Å²) in [6.07, 6.45) is 0.765. The quantitative estimate of drug-likeness (QED) is 0.690. The van der Waals surface area contributed by atoms with Crippen molar-refractivity contribution in [1.29, 1.82) is 0 Å². The second-order valence-corrected chi connectivity index (χ2v) is 7.88. The summed E-state index contributed by atoms with van der Waals surface area (Å²) in [5, 5.41) is 5.57. The average Bonchev–Trinajstić information content (AvgIpc) is 2.87. The Hall–Kier alpha value is -2.67. The Morgan fingerprint density at radius 3 is 2.61 bits per heavy atom. The van der Waals surface area contributed by atoms with E-state index in [1.807, 2.05) is 38.1 Å². The number of carbonyl (C=O) groups is 3. The number of halogens is 1. The lowest BCUT2D eigenvalue weighted by Gasteiger charge is -2.22. The number of para-hydroxylation sites is 1. The number of benzene rings is 2. The predicted molar refractivity (Wildman–Crippen MR) is 111 cm³/mol. The fraction of sp³-hybridized carbons (Fsp3) is 0.286. The Labute approximate surface area is 172 Å². The van der Waals surface area contributed by atoms with Crippen LogP contribution in [0.15, 0.2) is 46.9 Å². The van der Waals surface area contributed by atoms with Crippen LogP contribution in [0.2, 0.25) is 0 Å². The molecule has 28 heavy (non-hydrogen) atoms. The van der Waals surface area contributed by atoms with Crippen LogP contribution in [0.4, 0.5) is 10.5 Å². The number of urea groups is 1. The van der Waals surface area contributed by atoms with Gasteiger partial charge in [0, 0.05) is 10.2 Å². The normalized spacial score (nSPS) is 18.9. The molecule has 3 rings (SSSR count). The van der Waals surface area contributed by atoms with Crippen molar-refractivity contribution in [2.75, 3.05) is 11.9 Å². The Balaban J connectivity index is 1.79. The minimum Gasteiger partial charge on any atom is -0.324 e. The zero-order valence-electron chi connectivity index (χ0n) is 16.0. The molecule has 0 aromatic heterocycles. The Kier molecular flexibility index (Phi) is 5.56. The third-order valence-electron chi connectivity index (χ3n) is 4.98. The number of anilines is 1. The molecule has 2 aromatic carbocycles. The topological polar surface area (TPSA) is 78.5 Å². The number of carbonyl (C=O) groups excluding carboxylic acids is 3. The van der Waals surface area contributed by atoms with Crippen LogP contribution in [0.3, 0.4) is 0 Å². The van der Waals surface area contributed by atoms with E-state index < -0.39 is 23.4 Å². The largest absolute Gasteiger partial charge is 0.325 e. The van der Waals surface area contributed by atoms with E-state index in [1.165, 1.54) is 0 Å². The lowest BCUT2D eigenvalue weighted by molar-refractivity contribution is -0.133. The monoisotopic (exact) mass is 443 g/mol. The number of amides is 4. The van der Waals surface area contributed by atoms with Gasteiger partial charge in [-0.3, -0.25) is 14.5 Å². The molecule has 0 unspecified atom stereocenters. The standard InChI is InChI=1S/C21H22BrN3O3/c1-4-14-8-5-7-13(2)18(14)23-17(26)12-25-19(27)21(3,24-20(25)28)15-9-6-10-16(22)11-15/h5-11H,4,12H2,1-3H3,(H,23,26)(H,24,28)/t21-/m1/s1. The zero-order chi connectivity index (χ0) is 20.5. The maximum atomic E-state index is 13.0. The van der Waals surface area contributed by atoms with Crippen LogP contribution in [0.5, 0.6) is 0 Å². The van der Waals surface area contributed by atoms with Crippen molar-refractivity contribution in [3.05, 3.63) is 63.6 Å². The summed E-state index contributed by atoms with van der Waals surface area (Å²) in [6, 6.07) is 12.4. The molecule has 0 radical (unpaired) electrons. The van der Waals surface area contributed by atoms with Crippen LogP contribution in [-0.4, -0.2) is 29.3 Å². The summed E-state index contributed by atoms with van der Waals surface area (Å²) in [5.41, 5.74) is 2.11. The summed E-state index contributed by atoms with van der Waals surface area (Å²) >= 11 is 3.38. The lowest BCUT2D eigenvalue weighted by Crippen LogP contribution is -2.42. The first-order chi connectivity index (χ1) is 13.3. The van der Waals surface area contributed by atoms with Crippen molar-refractivity contribution in [2.24, 2.45) is 0 Å². The molecule has 0 saturated carbocycles. The second-order valence-electron chi connectivity index (χ2n) is 6.97. The van der Waals surface area contributed by atoms with Crippen molar-refractivity contribution in [2.45, 2.75) is 32.7 Å². The molecule has 2 N–H and O–H groups in total. The minimum absolute atomic E-state index is 0.342. The average molecular weight is 444 g/mol. The van der Waals surface area contributed by atoms with Crippen LogP contribution in [0, 0.1) is 6.92 Å². The van der Waals surface area contributed by atoms with E-state index in [0.29, 0.717) is 5.56 Å². The molecule has 0 aliphatic carbocycles. The smallest absolute Gasteiger partial charge is 0.324 e. The van der Waals surface area contributed by atoms with Gasteiger partial charge in [-0.15, -0.1) is 0 Å². The van der Waals surface area contributed by atoms with Crippen LogP contribution >= 0.6 is 15.9 Å². The molecule has 1 aliphatic heterocycles. The number of aryl methyl sites for hydroxylation is 2. The summed E-state index contributed by atoms with van der Waals surface area (Å²) < 4.78 is 0.802. The lowest BCUT2D eigenvalue weighted by atomic mass is 9.92. The fourth-order valence-electron chi connectivity index (χ4n) is 3.36. The van der Waals surface area contributed by atoms with Crippen molar-refractivity contribution in [1.82, 2.24) is 10.2 Å². The van der Waals surface area contributed by atoms with Gasteiger partial charge in [-0.25, -0.2) is 4.79 Å². The van der Waals surface area contributed by atoms with Crippen LogP contribution < -0.4 is 10.6 Å². The maximum absolute atomic E-state index is 13.0. The van der Waals surface area contributed by atoms with Gasteiger partial charge < -0.3 is 10.6 Å². The van der Waals surface area contributed by atoms with E-state index in [9.17, 15) is 14.4 Å². The van der Waals surface area contributed by atoms with E-state index in [4.69, 9.17) is 0 Å². The van der Waals surface area contributed by atoms with Crippen LogP contribution in [0.1, 0.15) is 30.5 Å². The molecule has 146 valence electrons. The van der Waals surface area contributed by atoms with E-state index >= 15 is 0 Å². The first-order valence-electron chi connectivity index (χ1n) is 9.04. The predicted octanol–water partition coefficient (Wildman–Crippen LogP) is 3.73. The molecular weight excluding hydrogens is 422 g/mol. The molecule has 1 saturated heterocycles. The third-order valence-corrected chi connectivity index (χ3v) is 5.48. The summed E-state index contributed by atoms with van der Waals surface area (Å²) in [4.78, 5) is 39.0. The Bertz CT molecular complexity index is 960. The number of hydrogen-bond donors (Lipinski definition) is 2. The van der Waals surface area contributed by atoms with E-state index in [2.05, 4.69) is 26.6 Å². The van der Waals surface area contributed by atoms with Crippen molar-refractivity contribution in [3.63, 3.8) is 0 Å². The van der Waals surface area contributed by atoms with Gasteiger partial charge in [0.1, 0.15) is 12.1 Å². The van der Waals surface area contributed by atoms with Crippen LogP contribution in [0.25, 0.3) is 0 Å². The fourth-order valence-corrected chi connectivity index (χ4v) is 3.76. The molecule has 1 aliphatic rings. The molecule has 7 heteroatoms. The zero-order valence-corrected chi connectivity index (χ0v) is 17.6. The minimum atomic E-state index is -1.21. The molecule has 1 atom stereocenters. The van der Waals surface area contributed by atoms with Crippen LogP contribution in [-0.2, 0) is 21.5 Å². The van der Waals surface area contributed by atoms with Crippen molar-refractivity contribution >= 4 is 39.5 Å². The first-order valence-corrected chi connectivity index (χ1v) is 9.84. The van der Waals surface area contributed by atoms with E-state index in [1.54, 1.807) is 25.1 Å². The molecule has 2 aromatic rings. The molecular formula is C21H22BrN3O3. The summed E-state index contributed by atoms with van der Waals surface area (Å²) in [6.45, 7) is 5.22. The van der Waals surface area contributed by atoms with Gasteiger partial charge in [-0.1, -0.05) is 53.2 Å². The first kappa shape index (κ1) is 20.1. The number of hydrogen-bond acceptors (Lipinski definition) is 3. The highest BCUT2D eigenvalue weighted by molar-refractivity contribution is 9.10. The van der Waals surface area contributed by atoms with Gasteiger partial charge in [-0.05, 0) is 49.1 Å². The molecule has 1 fully saturated rings. The number of nitrogens with one attached hydrogen (secondary N) is 2. The van der Waals surface area contributed by atoms with Gasteiger partial charge >= 0.3 is 6.03 Å². The molecule has 0 spiro atoms. The highest BCUT2D eigenvalue weighted by Crippen LogP contribution is 2.30. The van der Waals surface area contributed by atoms with Gasteiger partial charge in [-0.2, -0.15) is 0 Å². The molecule has 4 amide bonds. The van der Waals surface area contributed by atoms with Gasteiger partial charge in [0.25, 0.3) is 5.91 Å². The van der Waals surface area contributed by atoms with Crippen molar-refractivity contribution < 1.29 is 14.4 Å². The van der Waals surface area contributed by atoms with Gasteiger partial charge in [0.2, 0.25) is 5.91 Å².